The normalized spacial score (nSPS) is 24.4. The molecule has 0 amide bonds. The highest BCUT2D eigenvalue weighted by Gasteiger charge is 2.21. The van der Waals surface area contributed by atoms with Crippen LogP contribution in [0.15, 0.2) is 22.7 Å². The lowest BCUT2D eigenvalue weighted by atomic mass is 10.1. The van der Waals surface area contributed by atoms with E-state index in [1.807, 2.05) is 0 Å². The minimum Gasteiger partial charge on any atom is -0.359 e. The van der Waals surface area contributed by atoms with Gasteiger partial charge in [-0.1, -0.05) is 34.2 Å². The largest absolute Gasteiger partial charge is 0.359 e. The molecule has 0 saturated heterocycles. The van der Waals surface area contributed by atoms with Crippen LogP contribution in [0.5, 0.6) is 0 Å². The van der Waals surface area contributed by atoms with Crippen molar-refractivity contribution >= 4 is 42.6 Å². The minimum atomic E-state index is 0.619. The zero-order valence-electron chi connectivity index (χ0n) is 9.74. The molecule has 1 aliphatic carbocycles. The second-order valence-electron chi connectivity index (χ2n) is 4.89. The van der Waals surface area contributed by atoms with E-state index in [0.29, 0.717) is 6.04 Å². The van der Waals surface area contributed by atoms with Gasteiger partial charge in [0, 0.05) is 10.5 Å². The van der Waals surface area contributed by atoms with Crippen LogP contribution in [0.4, 0.5) is 5.13 Å². The molecular formula is C13H15BrN2S. The topological polar surface area (TPSA) is 24.9 Å². The van der Waals surface area contributed by atoms with Gasteiger partial charge in [-0.25, -0.2) is 4.98 Å². The highest BCUT2D eigenvalue weighted by molar-refractivity contribution is 9.10. The summed E-state index contributed by atoms with van der Waals surface area (Å²) in [4.78, 5) is 4.64. The van der Waals surface area contributed by atoms with Gasteiger partial charge in [0.2, 0.25) is 0 Å². The van der Waals surface area contributed by atoms with Crippen molar-refractivity contribution in [3.8, 4) is 0 Å². The van der Waals surface area contributed by atoms with E-state index >= 15 is 0 Å². The highest BCUT2D eigenvalue weighted by atomic mass is 79.9. The van der Waals surface area contributed by atoms with E-state index in [1.54, 1.807) is 11.3 Å². The van der Waals surface area contributed by atoms with Crippen LogP contribution in [0.2, 0.25) is 0 Å². The Morgan fingerprint density at radius 3 is 3.06 bits per heavy atom. The van der Waals surface area contributed by atoms with Gasteiger partial charge in [0.15, 0.2) is 5.13 Å². The van der Waals surface area contributed by atoms with Crippen molar-refractivity contribution in [2.45, 2.75) is 32.2 Å². The molecule has 2 unspecified atom stereocenters. The quantitative estimate of drug-likeness (QED) is 0.872. The second-order valence-corrected chi connectivity index (χ2v) is 6.84. The van der Waals surface area contributed by atoms with Gasteiger partial charge in [-0.15, -0.1) is 0 Å². The molecule has 1 aromatic carbocycles. The van der Waals surface area contributed by atoms with Crippen LogP contribution in [0.3, 0.4) is 0 Å². The molecule has 1 aliphatic rings. The summed E-state index contributed by atoms with van der Waals surface area (Å²) in [6.07, 6.45) is 3.90. The Bertz CT molecular complexity index is 537. The maximum atomic E-state index is 4.64. The third-order valence-electron chi connectivity index (χ3n) is 3.37. The van der Waals surface area contributed by atoms with Crippen molar-refractivity contribution in [2.75, 3.05) is 5.32 Å². The van der Waals surface area contributed by atoms with Crippen LogP contribution in [-0.4, -0.2) is 11.0 Å². The third-order valence-corrected chi connectivity index (χ3v) is 4.83. The number of halogens is 1. The number of thiazole rings is 1. The van der Waals surface area contributed by atoms with E-state index < -0.39 is 0 Å². The number of aromatic nitrogens is 1. The molecule has 17 heavy (non-hydrogen) atoms. The van der Waals surface area contributed by atoms with Crippen LogP contribution in [0.1, 0.15) is 26.2 Å². The molecule has 90 valence electrons. The summed E-state index contributed by atoms with van der Waals surface area (Å²) in [6, 6.07) is 6.89. The van der Waals surface area contributed by atoms with E-state index in [1.165, 1.54) is 24.0 Å². The Kier molecular flexibility index (Phi) is 3.09. The monoisotopic (exact) mass is 310 g/mol. The Morgan fingerprint density at radius 1 is 1.41 bits per heavy atom. The number of fused-ring (bicyclic) bond motifs is 1. The van der Waals surface area contributed by atoms with Gasteiger partial charge in [-0.05, 0) is 43.4 Å². The number of anilines is 1. The summed E-state index contributed by atoms with van der Waals surface area (Å²) in [6.45, 7) is 2.33. The first kappa shape index (κ1) is 11.5. The maximum absolute atomic E-state index is 4.64. The number of nitrogens with one attached hydrogen (secondary N) is 1. The fourth-order valence-electron chi connectivity index (χ4n) is 2.48. The van der Waals surface area contributed by atoms with Crippen molar-refractivity contribution in [1.82, 2.24) is 4.98 Å². The van der Waals surface area contributed by atoms with Gasteiger partial charge >= 0.3 is 0 Å². The van der Waals surface area contributed by atoms with Crippen LogP contribution < -0.4 is 5.32 Å². The lowest BCUT2D eigenvalue weighted by Crippen LogP contribution is -2.14. The fraction of sp³-hybridized carbons (Fsp3) is 0.462. The summed E-state index contributed by atoms with van der Waals surface area (Å²) < 4.78 is 2.35. The molecule has 2 aromatic rings. The van der Waals surface area contributed by atoms with Crippen LogP contribution >= 0.6 is 27.3 Å². The lowest BCUT2D eigenvalue weighted by molar-refractivity contribution is 0.602. The van der Waals surface area contributed by atoms with E-state index in [9.17, 15) is 0 Å². The molecule has 0 spiro atoms. The lowest BCUT2D eigenvalue weighted by Gasteiger charge is -2.10. The predicted octanol–water partition coefficient (Wildman–Crippen LogP) is 4.66. The smallest absolute Gasteiger partial charge is 0.184 e. The Hall–Kier alpha value is -0.610. The number of hydrogen-bond acceptors (Lipinski definition) is 3. The fourth-order valence-corrected chi connectivity index (χ4v) is 3.75. The zero-order valence-corrected chi connectivity index (χ0v) is 12.1. The summed E-state index contributed by atoms with van der Waals surface area (Å²) in [5.41, 5.74) is 1.08. The molecule has 1 aromatic heterocycles. The van der Waals surface area contributed by atoms with Gasteiger partial charge in [0.05, 0.1) is 10.2 Å². The summed E-state index contributed by atoms with van der Waals surface area (Å²) in [5, 5.41) is 4.64. The van der Waals surface area contributed by atoms with E-state index in [4.69, 9.17) is 0 Å². The van der Waals surface area contributed by atoms with Crippen LogP contribution in [0, 0.1) is 5.92 Å². The molecule has 1 heterocycles. The molecule has 2 atom stereocenters. The third kappa shape index (κ3) is 2.47. The van der Waals surface area contributed by atoms with Gasteiger partial charge in [0.1, 0.15) is 0 Å². The number of benzene rings is 1. The van der Waals surface area contributed by atoms with E-state index in [0.717, 1.165) is 21.0 Å². The average Bonchev–Trinajstić information content (AvgIpc) is 2.84. The highest BCUT2D eigenvalue weighted by Crippen LogP contribution is 2.32. The molecule has 2 nitrogen and oxygen atoms in total. The Labute approximate surface area is 114 Å². The van der Waals surface area contributed by atoms with Crippen molar-refractivity contribution in [3.05, 3.63) is 22.7 Å². The first-order valence-electron chi connectivity index (χ1n) is 6.03. The van der Waals surface area contributed by atoms with Crippen molar-refractivity contribution in [3.63, 3.8) is 0 Å². The first-order chi connectivity index (χ1) is 8.20. The van der Waals surface area contributed by atoms with Crippen molar-refractivity contribution in [1.29, 1.82) is 0 Å². The Balaban J connectivity index is 1.81. The van der Waals surface area contributed by atoms with Crippen molar-refractivity contribution in [2.24, 2.45) is 5.92 Å². The van der Waals surface area contributed by atoms with E-state index in [-0.39, 0.29) is 0 Å². The number of rotatable bonds is 2. The second kappa shape index (κ2) is 4.58. The van der Waals surface area contributed by atoms with Gasteiger partial charge in [0.25, 0.3) is 0 Å². The first-order valence-corrected chi connectivity index (χ1v) is 7.64. The molecule has 1 fully saturated rings. The Morgan fingerprint density at radius 2 is 2.29 bits per heavy atom. The molecule has 1 saturated carbocycles. The molecule has 0 aliphatic heterocycles. The van der Waals surface area contributed by atoms with Gasteiger partial charge in [-0.2, -0.15) is 0 Å². The molecule has 0 radical (unpaired) electrons. The van der Waals surface area contributed by atoms with Gasteiger partial charge < -0.3 is 5.32 Å². The van der Waals surface area contributed by atoms with Gasteiger partial charge in [-0.3, -0.25) is 0 Å². The predicted molar refractivity (Wildman–Crippen MR) is 77.7 cm³/mol. The molecule has 3 rings (SSSR count). The number of hydrogen-bond donors (Lipinski definition) is 1. The molecular weight excluding hydrogens is 296 g/mol. The zero-order chi connectivity index (χ0) is 11.8. The van der Waals surface area contributed by atoms with Crippen molar-refractivity contribution < 1.29 is 0 Å². The molecule has 0 bridgehead atoms. The average molecular weight is 311 g/mol. The summed E-state index contributed by atoms with van der Waals surface area (Å²) in [5.74, 6) is 0.857. The minimum absolute atomic E-state index is 0.619. The standard InChI is InChI=1S/C13H15BrN2S/c1-8-2-4-10(6-8)15-13-16-11-7-9(14)3-5-12(11)17-13/h3,5,7-8,10H,2,4,6H2,1H3,(H,15,16). The molecule has 4 heteroatoms. The summed E-state index contributed by atoms with van der Waals surface area (Å²) >= 11 is 5.23. The van der Waals surface area contributed by atoms with Crippen LogP contribution in [-0.2, 0) is 0 Å². The summed E-state index contributed by atoms with van der Waals surface area (Å²) in [7, 11) is 0. The van der Waals surface area contributed by atoms with E-state index in [2.05, 4.69) is 51.4 Å². The molecule has 1 N–H and O–H groups in total. The van der Waals surface area contributed by atoms with Crippen LogP contribution in [0.25, 0.3) is 10.2 Å². The SMILES string of the molecule is CC1CCC(Nc2nc3cc(Br)ccc3s2)C1. The number of nitrogens with zero attached hydrogens (tertiary/aromatic N) is 1. The maximum Gasteiger partial charge on any atom is 0.184 e.